The van der Waals surface area contributed by atoms with Gasteiger partial charge in [-0.1, -0.05) is 0 Å². The molecule has 1 atom stereocenters. The molecule has 0 saturated carbocycles. The van der Waals surface area contributed by atoms with Crippen LogP contribution >= 0.6 is 0 Å². The van der Waals surface area contributed by atoms with E-state index in [0.29, 0.717) is 6.20 Å². The van der Waals surface area contributed by atoms with Crippen molar-refractivity contribution in [3.8, 4) is 5.88 Å². The van der Waals surface area contributed by atoms with Crippen molar-refractivity contribution in [2.45, 2.75) is 17.2 Å². The SMILES string of the molecule is O=S(=O)(c1ccc(F)cc1)N1CCOCC(Oc2ccc(C(F)(F)F)cn2)C1. The van der Waals surface area contributed by atoms with E-state index in [1.165, 1.54) is 0 Å². The number of ether oxygens (including phenoxy) is 2. The van der Waals surface area contributed by atoms with Crippen molar-refractivity contribution in [3.05, 3.63) is 54.0 Å². The molecule has 152 valence electrons. The summed E-state index contributed by atoms with van der Waals surface area (Å²) in [5, 5.41) is 0. The van der Waals surface area contributed by atoms with E-state index in [1.807, 2.05) is 0 Å². The summed E-state index contributed by atoms with van der Waals surface area (Å²) in [4.78, 5) is 3.54. The summed E-state index contributed by atoms with van der Waals surface area (Å²) in [5.74, 6) is -0.643. The van der Waals surface area contributed by atoms with Crippen LogP contribution in [0.1, 0.15) is 5.56 Å². The van der Waals surface area contributed by atoms with E-state index in [9.17, 15) is 26.0 Å². The highest BCUT2D eigenvalue weighted by atomic mass is 32.2. The Bertz CT molecular complexity index is 902. The minimum Gasteiger partial charge on any atom is -0.470 e. The molecule has 6 nitrogen and oxygen atoms in total. The van der Waals surface area contributed by atoms with Crippen molar-refractivity contribution < 1.29 is 35.5 Å². The van der Waals surface area contributed by atoms with Crippen LogP contribution in [-0.2, 0) is 20.9 Å². The molecule has 0 amide bonds. The summed E-state index contributed by atoms with van der Waals surface area (Å²) >= 11 is 0. The van der Waals surface area contributed by atoms with Crippen LogP contribution in [0.3, 0.4) is 0 Å². The van der Waals surface area contributed by atoms with E-state index in [-0.39, 0.29) is 37.1 Å². The molecule has 1 unspecified atom stereocenters. The van der Waals surface area contributed by atoms with Gasteiger partial charge in [0.15, 0.2) is 0 Å². The fourth-order valence-electron chi connectivity index (χ4n) is 2.59. The van der Waals surface area contributed by atoms with Crippen LogP contribution < -0.4 is 4.74 Å². The highest BCUT2D eigenvalue weighted by molar-refractivity contribution is 7.89. The van der Waals surface area contributed by atoms with Gasteiger partial charge in [-0.25, -0.2) is 17.8 Å². The lowest BCUT2D eigenvalue weighted by molar-refractivity contribution is -0.137. The molecule has 1 aromatic carbocycles. The van der Waals surface area contributed by atoms with Gasteiger partial charge in [-0.3, -0.25) is 0 Å². The zero-order valence-electron chi connectivity index (χ0n) is 14.4. The van der Waals surface area contributed by atoms with Crippen LogP contribution in [0.2, 0.25) is 0 Å². The first kappa shape index (κ1) is 20.5. The second-order valence-corrected chi connectivity index (χ2v) is 7.95. The van der Waals surface area contributed by atoms with Gasteiger partial charge in [0.25, 0.3) is 0 Å². The minimum absolute atomic E-state index is 0.0398. The summed E-state index contributed by atoms with van der Waals surface area (Å²) in [6, 6.07) is 6.29. The molecule has 28 heavy (non-hydrogen) atoms. The third-order valence-corrected chi connectivity index (χ3v) is 5.88. The summed E-state index contributed by atoms with van der Waals surface area (Å²) in [6.07, 6.45) is -4.65. The highest BCUT2D eigenvalue weighted by Gasteiger charge is 2.32. The number of aromatic nitrogens is 1. The molecule has 1 aromatic heterocycles. The number of rotatable bonds is 4. The van der Waals surface area contributed by atoms with Crippen LogP contribution in [-0.4, -0.2) is 50.1 Å². The maximum absolute atomic E-state index is 13.1. The second-order valence-electron chi connectivity index (χ2n) is 6.01. The Morgan fingerprint density at radius 1 is 1.14 bits per heavy atom. The quantitative estimate of drug-likeness (QED) is 0.712. The fraction of sp³-hybridized carbons (Fsp3) is 0.353. The average molecular weight is 420 g/mol. The van der Waals surface area contributed by atoms with E-state index >= 15 is 0 Å². The number of sulfonamides is 1. The van der Waals surface area contributed by atoms with E-state index in [2.05, 4.69) is 4.98 Å². The number of nitrogens with zero attached hydrogens (tertiary/aromatic N) is 2. The predicted octanol–water partition coefficient (Wildman–Crippen LogP) is 2.71. The number of benzene rings is 1. The molecule has 2 heterocycles. The van der Waals surface area contributed by atoms with E-state index in [1.54, 1.807) is 0 Å². The first-order chi connectivity index (χ1) is 13.2. The van der Waals surface area contributed by atoms with Gasteiger partial charge in [-0.2, -0.15) is 17.5 Å². The Balaban J connectivity index is 1.74. The standard InChI is InChI=1S/C17H16F4N2O4S/c18-13-2-4-15(5-3-13)28(24,25)23-7-8-26-11-14(10-23)27-16-6-1-12(9-22-16)17(19,20)21/h1-6,9,14H,7-8,10-11H2. The molecular weight excluding hydrogens is 404 g/mol. The highest BCUT2D eigenvalue weighted by Crippen LogP contribution is 2.29. The molecule has 1 aliphatic heterocycles. The zero-order chi connectivity index (χ0) is 20.4. The Hall–Kier alpha value is -2.24. The van der Waals surface area contributed by atoms with Gasteiger partial charge < -0.3 is 9.47 Å². The maximum Gasteiger partial charge on any atom is 0.417 e. The Morgan fingerprint density at radius 2 is 1.86 bits per heavy atom. The summed E-state index contributed by atoms with van der Waals surface area (Å²) in [5.41, 5.74) is -0.919. The minimum atomic E-state index is -4.52. The number of halogens is 4. The third-order valence-electron chi connectivity index (χ3n) is 4.00. The van der Waals surface area contributed by atoms with Gasteiger partial charge in [0.2, 0.25) is 15.9 Å². The van der Waals surface area contributed by atoms with Gasteiger partial charge in [-0.05, 0) is 30.3 Å². The van der Waals surface area contributed by atoms with Crippen molar-refractivity contribution in [3.63, 3.8) is 0 Å². The van der Waals surface area contributed by atoms with Crippen molar-refractivity contribution >= 4 is 10.0 Å². The van der Waals surface area contributed by atoms with Crippen molar-refractivity contribution in [1.29, 1.82) is 0 Å². The third kappa shape index (κ3) is 4.78. The molecule has 1 saturated heterocycles. The molecule has 0 aliphatic carbocycles. The molecule has 3 rings (SSSR count). The van der Waals surface area contributed by atoms with Crippen LogP contribution in [0.4, 0.5) is 17.6 Å². The monoisotopic (exact) mass is 420 g/mol. The normalized spacial score (nSPS) is 19.2. The van der Waals surface area contributed by atoms with Gasteiger partial charge in [0.05, 0.1) is 30.2 Å². The van der Waals surface area contributed by atoms with Crippen molar-refractivity contribution in [2.75, 3.05) is 26.3 Å². The first-order valence-corrected chi connectivity index (χ1v) is 9.63. The van der Waals surface area contributed by atoms with Crippen LogP contribution in [0.25, 0.3) is 0 Å². The predicted molar refractivity (Wildman–Crippen MR) is 89.6 cm³/mol. The lowest BCUT2D eigenvalue weighted by Crippen LogP contribution is -2.40. The van der Waals surface area contributed by atoms with Crippen molar-refractivity contribution in [2.24, 2.45) is 0 Å². The number of pyridine rings is 1. The van der Waals surface area contributed by atoms with Crippen molar-refractivity contribution in [1.82, 2.24) is 9.29 Å². The lowest BCUT2D eigenvalue weighted by Gasteiger charge is -2.23. The molecule has 1 aliphatic rings. The average Bonchev–Trinajstić information content (AvgIpc) is 2.88. The largest absolute Gasteiger partial charge is 0.470 e. The lowest BCUT2D eigenvalue weighted by atomic mass is 10.3. The topological polar surface area (TPSA) is 68.7 Å². The number of alkyl halides is 3. The molecule has 1 fully saturated rings. The molecule has 0 N–H and O–H groups in total. The molecule has 2 aromatic rings. The Morgan fingerprint density at radius 3 is 2.46 bits per heavy atom. The van der Waals surface area contributed by atoms with Gasteiger partial charge in [-0.15, -0.1) is 0 Å². The van der Waals surface area contributed by atoms with Gasteiger partial charge >= 0.3 is 6.18 Å². The molecule has 0 radical (unpaired) electrons. The van der Waals surface area contributed by atoms with E-state index in [0.717, 1.165) is 40.7 Å². The van der Waals surface area contributed by atoms with E-state index in [4.69, 9.17) is 9.47 Å². The first-order valence-electron chi connectivity index (χ1n) is 8.19. The van der Waals surface area contributed by atoms with Gasteiger partial charge in [0.1, 0.15) is 11.9 Å². The Labute approximate surface area is 158 Å². The van der Waals surface area contributed by atoms with E-state index < -0.39 is 33.7 Å². The fourth-order valence-corrected chi connectivity index (χ4v) is 4.04. The summed E-state index contributed by atoms with van der Waals surface area (Å²) in [7, 11) is -3.92. The smallest absolute Gasteiger partial charge is 0.417 e. The zero-order valence-corrected chi connectivity index (χ0v) is 15.2. The van der Waals surface area contributed by atoms with Gasteiger partial charge in [0, 0.05) is 18.8 Å². The molecule has 0 bridgehead atoms. The summed E-state index contributed by atoms with van der Waals surface area (Å²) in [6.45, 7) is 0.112. The maximum atomic E-state index is 13.1. The number of hydrogen-bond donors (Lipinski definition) is 0. The number of hydrogen-bond acceptors (Lipinski definition) is 5. The van der Waals surface area contributed by atoms with Crippen LogP contribution in [0.5, 0.6) is 5.88 Å². The molecule has 0 spiro atoms. The molecular formula is C17H16F4N2O4S. The summed E-state index contributed by atoms with van der Waals surface area (Å²) < 4.78 is 88.4. The Kier molecular flexibility index (Phi) is 5.87. The van der Waals surface area contributed by atoms with Crippen LogP contribution in [0.15, 0.2) is 47.5 Å². The van der Waals surface area contributed by atoms with Crippen LogP contribution in [0, 0.1) is 5.82 Å². The second kappa shape index (κ2) is 8.02. The molecule has 11 heteroatoms.